The monoisotopic (exact) mass is 381 g/mol. The van der Waals surface area contributed by atoms with E-state index in [0.29, 0.717) is 22.2 Å². The van der Waals surface area contributed by atoms with Gasteiger partial charge in [0.1, 0.15) is 5.75 Å². The summed E-state index contributed by atoms with van der Waals surface area (Å²) in [5.74, 6) is 0.464. The van der Waals surface area contributed by atoms with Gasteiger partial charge >= 0.3 is 5.69 Å². The number of hydrogen-bond donors (Lipinski definition) is 2. The number of carbonyl (C=O) groups excluding carboxylic acids is 1. The second-order valence-electron chi connectivity index (χ2n) is 6.71. The number of benzene rings is 2. The molecule has 0 aliphatic rings. The first-order chi connectivity index (χ1) is 13.4. The molecule has 0 saturated carbocycles. The van der Waals surface area contributed by atoms with Gasteiger partial charge in [-0.1, -0.05) is 19.1 Å². The maximum Gasteiger partial charge on any atom is 0.329 e. The van der Waals surface area contributed by atoms with Crippen molar-refractivity contribution in [3.05, 3.63) is 74.4 Å². The molecule has 0 radical (unpaired) electrons. The molecule has 0 bridgehead atoms. The molecule has 1 unspecified atom stereocenters. The van der Waals surface area contributed by atoms with Crippen molar-refractivity contribution in [1.29, 1.82) is 0 Å². The summed E-state index contributed by atoms with van der Waals surface area (Å²) in [7, 11) is 1.57. The Hall–Kier alpha value is -3.35. The van der Waals surface area contributed by atoms with Crippen molar-refractivity contribution in [2.75, 3.05) is 7.11 Å². The molecule has 3 rings (SSSR count). The van der Waals surface area contributed by atoms with Crippen LogP contribution in [-0.4, -0.2) is 28.6 Å². The number of nitrogens with one attached hydrogen (secondary N) is 2. The van der Waals surface area contributed by atoms with Crippen LogP contribution in [0, 0.1) is 0 Å². The van der Waals surface area contributed by atoms with Gasteiger partial charge in [0.05, 0.1) is 24.6 Å². The van der Waals surface area contributed by atoms with E-state index in [4.69, 9.17) is 4.74 Å². The molecule has 1 aromatic heterocycles. The Bertz CT molecular complexity index is 1110. The Kier molecular flexibility index (Phi) is 5.63. The number of aromatic nitrogens is 2. The van der Waals surface area contributed by atoms with Crippen LogP contribution in [0.3, 0.4) is 0 Å². The second kappa shape index (κ2) is 8.12. The lowest BCUT2D eigenvalue weighted by molar-refractivity contribution is 0.0939. The standard InChI is InChI=1S/C21H23N3O4/c1-4-13(2)22-19(25)15-7-10-17-18(11-15)23-21(27)24(20(17)26)12-14-5-8-16(28-3)9-6-14/h5-11,13H,4,12H2,1-3H3,(H,22,25)(H,23,27). The number of methoxy groups -OCH3 is 1. The van der Waals surface area contributed by atoms with E-state index in [2.05, 4.69) is 10.3 Å². The van der Waals surface area contributed by atoms with Crippen molar-refractivity contribution in [3.8, 4) is 5.75 Å². The molecule has 1 heterocycles. The number of hydrogen-bond acceptors (Lipinski definition) is 4. The van der Waals surface area contributed by atoms with Crippen LogP contribution in [0.2, 0.25) is 0 Å². The second-order valence-corrected chi connectivity index (χ2v) is 6.71. The summed E-state index contributed by atoms with van der Waals surface area (Å²) in [6.07, 6.45) is 0.812. The van der Waals surface area contributed by atoms with Crippen molar-refractivity contribution in [3.63, 3.8) is 0 Å². The summed E-state index contributed by atoms with van der Waals surface area (Å²) >= 11 is 0. The molecule has 1 amide bonds. The predicted molar refractivity (Wildman–Crippen MR) is 108 cm³/mol. The van der Waals surface area contributed by atoms with E-state index in [9.17, 15) is 14.4 Å². The van der Waals surface area contributed by atoms with E-state index in [1.807, 2.05) is 13.8 Å². The molecule has 0 aliphatic carbocycles. The minimum atomic E-state index is -0.521. The number of nitrogens with zero attached hydrogens (tertiary/aromatic N) is 1. The van der Waals surface area contributed by atoms with Gasteiger partial charge in [0.2, 0.25) is 0 Å². The fourth-order valence-corrected chi connectivity index (χ4v) is 2.86. The number of amides is 1. The van der Waals surface area contributed by atoms with Crippen LogP contribution in [-0.2, 0) is 6.54 Å². The Morgan fingerprint density at radius 2 is 1.89 bits per heavy atom. The zero-order chi connectivity index (χ0) is 20.3. The third kappa shape index (κ3) is 3.98. The van der Waals surface area contributed by atoms with Crippen molar-refractivity contribution in [2.24, 2.45) is 0 Å². The SMILES string of the molecule is CCC(C)NC(=O)c1ccc2c(=O)n(Cc3ccc(OC)cc3)c(=O)[nH]c2c1. The van der Waals surface area contributed by atoms with E-state index >= 15 is 0 Å². The van der Waals surface area contributed by atoms with E-state index in [0.717, 1.165) is 16.6 Å². The van der Waals surface area contributed by atoms with Crippen LogP contribution in [0.15, 0.2) is 52.1 Å². The van der Waals surface area contributed by atoms with Crippen LogP contribution in [0.1, 0.15) is 36.2 Å². The molecule has 0 aliphatic heterocycles. The normalized spacial score (nSPS) is 12.0. The molecule has 146 valence electrons. The van der Waals surface area contributed by atoms with E-state index in [1.165, 1.54) is 6.07 Å². The number of fused-ring (bicyclic) bond motifs is 1. The van der Waals surface area contributed by atoms with Crippen LogP contribution >= 0.6 is 0 Å². The fourth-order valence-electron chi connectivity index (χ4n) is 2.86. The minimum Gasteiger partial charge on any atom is -0.497 e. The predicted octanol–water partition coefficient (Wildman–Crippen LogP) is 2.28. The zero-order valence-electron chi connectivity index (χ0n) is 16.1. The molecule has 1 atom stereocenters. The number of aromatic amines is 1. The maximum atomic E-state index is 12.8. The molecule has 3 aromatic rings. The number of carbonyl (C=O) groups is 1. The molecule has 0 saturated heterocycles. The highest BCUT2D eigenvalue weighted by Gasteiger charge is 2.13. The smallest absolute Gasteiger partial charge is 0.329 e. The largest absolute Gasteiger partial charge is 0.497 e. The van der Waals surface area contributed by atoms with Gasteiger partial charge < -0.3 is 15.0 Å². The lowest BCUT2D eigenvalue weighted by atomic mass is 10.1. The molecule has 28 heavy (non-hydrogen) atoms. The lowest BCUT2D eigenvalue weighted by Crippen LogP contribution is -2.35. The lowest BCUT2D eigenvalue weighted by Gasteiger charge is -2.12. The molecular formula is C21H23N3O4. The topological polar surface area (TPSA) is 93.2 Å². The van der Waals surface area contributed by atoms with Crippen molar-refractivity contribution < 1.29 is 9.53 Å². The fraction of sp³-hybridized carbons (Fsp3) is 0.286. The van der Waals surface area contributed by atoms with Crippen molar-refractivity contribution >= 4 is 16.8 Å². The van der Waals surface area contributed by atoms with Gasteiger partial charge in [0.15, 0.2) is 0 Å². The molecular weight excluding hydrogens is 358 g/mol. The van der Waals surface area contributed by atoms with E-state index in [1.54, 1.807) is 43.5 Å². The minimum absolute atomic E-state index is 0.0414. The third-order valence-corrected chi connectivity index (χ3v) is 4.73. The van der Waals surface area contributed by atoms with Gasteiger partial charge in [-0.3, -0.25) is 14.2 Å². The van der Waals surface area contributed by atoms with Gasteiger partial charge in [-0.05, 0) is 49.2 Å². The van der Waals surface area contributed by atoms with Crippen molar-refractivity contribution in [2.45, 2.75) is 32.9 Å². The highest BCUT2D eigenvalue weighted by atomic mass is 16.5. The van der Waals surface area contributed by atoms with Gasteiger partial charge in [-0.15, -0.1) is 0 Å². The van der Waals surface area contributed by atoms with Gasteiger partial charge in [-0.2, -0.15) is 0 Å². The Morgan fingerprint density at radius 1 is 1.18 bits per heavy atom. The first-order valence-corrected chi connectivity index (χ1v) is 9.13. The van der Waals surface area contributed by atoms with Gasteiger partial charge in [-0.25, -0.2) is 4.79 Å². The molecule has 2 N–H and O–H groups in total. The van der Waals surface area contributed by atoms with Crippen LogP contribution in [0.25, 0.3) is 10.9 Å². The third-order valence-electron chi connectivity index (χ3n) is 4.73. The van der Waals surface area contributed by atoms with Crippen LogP contribution in [0.5, 0.6) is 5.75 Å². The molecule has 7 nitrogen and oxygen atoms in total. The number of ether oxygens (including phenoxy) is 1. The Morgan fingerprint density at radius 3 is 2.54 bits per heavy atom. The summed E-state index contributed by atoms with van der Waals surface area (Å²) in [4.78, 5) is 40.3. The Balaban J connectivity index is 1.96. The molecule has 0 fully saturated rings. The summed E-state index contributed by atoms with van der Waals surface area (Å²) in [5.41, 5.74) is 0.627. The van der Waals surface area contributed by atoms with Crippen LogP contribution < -0.4 is 21.3 Å². The summed E-state index contributed by atoms with van der Waals surface area (Å²) in [6, 6.07) is 11.9. The summed E-state index contributed by atoms with van der Waals surface area (Å²) in [5, 5.41) is 3.22. The van der Waals surface area contributed by atoms with Crippen molar-refractivity contribution in [1.82, 2.24) is 14.9 Å². The number of H-pyrrole nitrogens is 1. The zero-order valence-corrected chi connectivity index (χ0v) is 16.1. The average Bonchev–Trinajstić information content (AvgIpc) is 2.70. The summed E-state index contributed by atoms with van der Waals surface area (Å²) < 4.78 is 6.26. The van der Waals surface area contributed by atoms with Gasteiger partial charge in [0.25, 0.3) is 11.5 Å². The first kappa shape index (κ1) is 19.4. The van der Waals surface area contributed by atoms with Gasteiger partial charge in [0, 0.05) is 11.6 Å². The Labute approximate surface area is 162 Å². The molecule has 0 spiro atoms. The van der Waals surface area contributed by atoms with Crippen LogP contribution in [0.4, 0.5) is 0 Å². The number of rotatable bonds is 6. The highest BCUT2D eigenvalue weighted by Crippen LogP contribution is 2.13. The highest BCUT2D eigenvalue weighted by molar-refractivity contribution is 5.97. The summed E-state index contributed by atoms with van der Waals surface area (Å²) in [6.45, 7) is 4.04. The maximum absolute atomic E-state index is 12.8. The molecule has 2 aromatic carbocycles. The molecule has 7 heteroatoms. The van der Waals surface area contributed by atoms with E-state index in [-0.39, 0.29) is 18.5 Å². The first-order valence-electron chi connectivity index (χ1n) is 9.13. The average molecular weight is 381 g/mol. The quantitative estimate of drug-likeness (QED) is 0.685. The van der Waals surface area contributed by atoms with E-state index < -0.39 is 11.2 Å².